The fourth-order valence-corrected chi connectivity index (χ4v) is 3.08. The van der Waals surface area contributed by atoms with E-state index in [1.165, 1.54) is 6.07 Å². The maximum Gasteiger partial charge on any atom is 0.410 e. The molecule has 1 aliphatic rings. The minimum absolute atomic E-state index is 0.0181. The second kappa shape index (κ2) is 7.73. The Morgan fingerprint density at radius 1 is 1.52 bits per heavy atom. The molecule has 1 amide bonds. The lowest BCUT2D eigenvalue weighted by Crippen LogP contribution is -2.41. The lowest BCUT2D eigenvalue weighted by atomic mass is 10.1. The molecule has 1 heterocycles. The lowest BCUT2D eigenvalue weighted by molar-refractivity contribution is 0.0218. The number of anilines is 1. The topological polar surface area (TPSA) is 65.4 Å². The van der Waals surface area contributed by atoms with Gasteiger partial charge in [0.15, 0.2) is 0 Å². The summed E-state index contributed by atoms with van der Waals surface area (Å²) in [4.78, 5) is 14.1. The fourth-order valence-electron chi connectivity index (χ4n) is 3.08. The van der Waals surface area contributed by atoms with Crippen molar-refractivity contribution in [1.82, 2.24) is 4.90 Å². The number of halogens is 1. The zero-order valence-corrected chi connectivity index (χ0v) is 15.3. The van der Waals surface area contributed by atoms with Crippen molar-refractivity contribution >= 4 is 11.8 Å². The molecule has 0 radical (unpaired) electrons. The van der Waals surface area contributed by atoms with E-state index in [9.17, 15) is 9.18 Å². The molecule has 1 N–H and O–H groups in total. The van der Waals surface area contributed by atoms with Gasteiger partial charge in [0.05, 0.1) is 17.3 Å². The molecule has 25 heavy (non-hydrogen) atoms. The maximum absolute atomic E-state index is 14.0. The highest BCUT2D eigenvalue weighted by atomic mass is 19.1. The van der Waals surface area contributed by atoms with E-state index in [1.807, 2.05) is 33.8 Å². The molecule has 2 atom stereocenters. The van der Waals surface area contributed by atoms with E-state index >= 15 is 0 Å². The van der Waals surface area contributed by atoms with Crippen molar-refractivity contribution in [3.05, 3.63) is 29.6 Å². The lowest BCUT2D eigenvalue weighted by Gasteiger charge is -2.30. The van der Waals surface area contributed by atoms with Gasteiger partial charge >= 0.3 is 6.09 Å². The van der Waals surface area contributed by atoms with Gasteiger partial charge in [-0.25, -0.2) is 9.18 Å². The molecule has 2 unspecified atom stereocenters. The molecule has 1 saturated heterocycles. The van der Waals surface area contributed by atoms with Crippen molar-refractivity contribution in [1.29, 1.82) is 5.26 Å². The van der Waals surface area contributed by atoms with Gasteiger partial charge in [0, 0.05) is 18.6 Å². The van der Waals surface area contributed by atoms with Crippen LogP contribution in [0.3, 0.4) is 0 Å². The molecule has 0 spiro atoms. The van der Waals surface area contributed by atoms with Crippen LogP contribution in [0.25, 0.3) is 0 Å². The van der Waals surface area contributed by atoms with E-state index in [1.54, 1.807) is 17.0 Å². The molecule has 2 rings (SSSR count). The zero-order chi connectivity index (χ0) is 18.6. The van der Waals surface area contributed by atoms with Crippen LogP contribution in [0.5, 0.6) is 0 Å². The summed E-state index contributed by atoms with van der Waals surface area (Å²) in [5.74, 6) is -0.443. The third-order valence-electron chi connectivity index (χ3n) is 4.13. The Bertz CT molecular complexity index is 664. The first-order valence-corrected chi connectivity index (χ1v) is 8.65. The number of hydrogen-bond acceptors (Lipinski definition) is 4. The van der Waals surface area contributed by atoms with Crippen LogP contribution < -0.4 is 5.32 Å². The average molecular weight is 347 g/mol. The molecule has 1 aromatic carbocycles. The van der Waals surface area contributed by atoms with Crippen LogP contribution in [0.4, 0.5) is 14.9 Å². The SMILES string of the molecule is CC(CC1CCCN1C(=O)OC(C)(C)C)Nc1ccc(C#N)cc1F. The van der Waals surface area contributed by atoms with Crippen molar-refractivity contribution in [2.45, 2.75) is 64.6 Å². The van der Waals surface area contributed by atoms with Crippen LogP contribution in [-0.4, -0.2) is 35.2 Å². The van der Waals surface area contributed by atoms with Gasteiger partial charge in [0.25, 0.3) is 0 Å². The first-order valence-electron chi connectivity index (χ1n) is 8.65. The Labute approximate surface area is 148 Å². The summed E-state index contributed by atoms with van der Waals surface area (Å²) in [7, 11) is 0. The second-order valence-electron chi connectivity index (χ2n) is 7.56. The third-order valence-corrected chi connectivity index (χ3v) is 4.13. The molecular formula is C19H26FN3O2. The highest BCUT2D eigenvalue weighted by Crippen LogP contribution is 2.25. The van der Waals surface area contributed by atoms with E-state index in [4.69, 9.17) is 10.00 Å². The molecule has 1 aromatic rings. The van der Waals surface area contributed by atoms with Gasteiger partial charge in [-0.15, -0.1) is 0 Å². The molecule has 1 fully saturated rings. The molecule has 1 aliphatic heterocycles. The molecule has 0 bridgehead atoms. The highest BCUT2D eigenvalue weighted by Gasteiger charge is 2.32. The molecule has 0 aliphatic carbocycles. The maximum atomic E-state index is 14.0. The van der Waals surface area contributed by atoms with Gasteiger partial charge < -0.3 is 15.0 Å². The summed E-state index contributed by atoms with van der Waals surface area (Å²) in [6.45, 7) is 8.22. The predicted octanol–water partition coefficient (Wildman–Crippen LogP) is 4.29. The van der Waals surface area contributed by atoms with Gasteiger partial charge in [0.2, 0.25) is 0 Å². The second-order valence-corrected chi connectivity index (χ2v) is 7.56. The molecule has 0 saturated carbocycles. The van der Waals surface area contributed by atoms with Crippen LogP contribution in [-0.2, 0) is 4.74 Å². The first-order chi connectivity index (χ1) is 11.7. The number of carbonyl (C=O) groups is 1. The Hall–Kier alpha value is -2.29. The van der Waals surface area contributed by atoms with E-state index in [0.717, 1.165) is 12.8 Å². The number of nitrogens with zero attached hydrogens (tertiary/aromatic N) is 2. The van der Waals surface area contributed by atoms with Gasteiger partial charge in [-0.1, -0.05) is 0 Å². The minimum Gasteiger partial charge on any atom is -0.444 e. The normalized spacial score (nSPS) is 18.6. The summed E-state index contributed by atoms with van der Waals surface area (Å²) in [6.07, 6.45) is 2.29. The number of rotatable bonds is 4. The van der Waals surface area contributed by atoms with E-state index < -0.39 is 11.4 Å². The number of nitriles is 1. The standard InChI is InChI=1S/C19H26FN3O2/c1-13(22-17-8-7-14(12-21)11-16(17)20)10-15-6-5-9-23(15)18(24)25-19(2,3)4/h7-8,11,13,15,22H,5-6,9-10H2,1-4H3. The quantitative estimate of drug-likeness (QED) is 0.882. The van der Waals surface area contributed by atoms with E-state index in [0.29, 0.717) is 24.2 Å². The molecule has 6 heteroatoms. The average Bonchev–Trinajstić information content (AvgIpc) is 2.95. The number of ether oxygens (including phenoxy) is 1. The van der Waals surface area contributed by atoms with Gasteiger partial charge in [-0.3, -0.25) is 0 Å². The Morgan fingerprint density at radius 3 is 2.84 bits per heavy atom. The Morgan fingerprint density at radius 2 is 2.24 bits per heavy atom. The van der Waals surface area contributed by atoms with Gasteiger partial charge in [-0.05, 0) is 65.2 Å². The number of benzene rings is 1. The number of carbonyl (C=O) groups excluding carboxylic acids is 1. The summed E-state index contributed by atoms with van der Waals surface area (Å²) in [5.41, 5.74) is 0.149. The predicted molar refractivity (Wildman–Crippen MR) is 94.8 cm³/mol. The third kappa shape index (κ3) is 5.35. The number of nitrogens with one attached hydrogen (secondary N) is 1. The Kier molecular flexibility index (Phi) is 5.89. The first kappa shape index (κ1) is 19.0. The smallest absolute Gasteiger partial charge is 0.410 e. The monoisotopic (exact) mass is 347 g/mol. The fraction of sp³-hybridized carbons (Fsp3) is 0.579. The van der Waals surface area contributed by atoms with Gasteiger partial charge in [-0.2, -0.15) is 5.26 Å². The number of amides is 1. The van der Waals surface area contributed by atoms with Gasteiger partial charge in [0.1, 0.15) is 11.4 Å². The van der Waals surface area contributed by atoms with Crippen molar-refractivity contribution < 1.29 is 13.9 Å². The number of hydrogen-bond donors (Lipinski definition) is 1. The van der Waals surface area contributed by atoms with Crippen LogP contribution in [0.15, 0.2) is 18.2 Å². The summed E-state index contributed by atoms with van der Waals surface area (Å²) < 4.78 is 19.5. The van der Waals surface area contributed by atoms with Crippen molar-refractivity contribution in [2.75, 3.05) is 11.9 Å². The van der Waals surface area contributed by atoms with Crippen molar-refractivity contribution in [2.24, 2.45) is 0 Å². The van der Waals surface area contributed by atoms with Crippen LogP contribution >= 0.6 is 0 Å². The van der Waals surface area contributed by atoms with Crippen molar-refractivity contribution in [3.63, 3.8) is 0 Å². The molecule has 0 aromatic heterocycles. The van der Waals surface area contributed by atoms with E-state index in [2.05, 4.69) is 5.32 Å². The molecule has 5 nitrogen and oxygen atoms in total. The summed E-state index contributed by atoms with van der Waals surface area (Å²) >= 11 is 0. The summed E-state index contributed by atoms with van der Waals surface area (Å²) in [5, 5.41) is 11.9. The van der Waals surface area contributed by atoms with Crippen LogP contribution in [0.1, 0.15) is 52.5 Å². The minimum atomic E-state index is -0.514. The van der Waals surface area contributed by atoms with Crippen molar-refractivity contribution in [3.8, 4) is 6.07 Å². The van der Waals surface area contributed by atoms with Crippen LogP contribution in [0, 0.1) is 17.1 Å². The van der Waals surface area contributed by atoms with E-state index in [-0.39, 0.29) is 18.2 Å². The highest BCUT2D eigenvalue weighted by molar-refractivity contribution is 5.69. The summed E-state index contributed by atoms with van der Waals surface area (Å²) in [6, 6.07) is 6.36. The zero-order valence-electron chi connectivity index (χ0n) is 15.3. The number of likely N-dealkylation sites (tertiary alicyclic amines) is 1. The van der Waals surface area contributed by atoms with Crippen LogP contribution in [0.2, 0.25) is 0 Å². The Balaban J connectivity index is 1.96. The largest absolute Gasteiger partial charge is 0.444 e. The molecular weight excluding hydrogens is 321 g/mol. The molecule has 136 valence electrons.